The summed E-state index contributed by atoms with van der Waals surface area (Å²) < 4.78 is 0. The summed E-state index contributed by atoms with van der Waals surface area (Å²) in [5.41, 5.74) is 2.51. The molecule has 0 aliphatic heterocycles. The van der Waals surface area contributed by atoms with Gasteiger partial charge in [0.15, 0.2) is 11.5 Å². The molecular weight excluding hydrogens is 188 g/mol. The van der Waals surface area contributed by atoms with Gasteiger partial charge in [0.1, 0.15) is 0 Å². The van der Waals surface area contributed by atoms with Gasteiger partial charge in [-0.1, -0.05) is 18.6 Å². The number of rotatable bonds is 2. The van der Waals surface area contributed by atoms with Gasteiger partial charge in [0.2, 0.25) is 0 Å². The largest absolute Gasteiger partial charge is 0.504 e. The van der Waals surface area contributed by atoms with Crippen LogP contribution in [0.2, 0.25) is 0 Å². The second-order valence-corrected chi connectivity index (χ2v) is 4.63. The lowest BCUT2D eigenvalue weighted by molar-refractivity contribution is 0.280. The first-order chi connectivity index (χ1) is 7.03. The highest BCUT2D eigenvalue weighted by Crippen LogP contribution is 2.57. The Morgan fingerprint density at radius 2 is 2.00 bits per heavy atom. The maximum Gasteiger partial charge on any atom is 0.156 e. The van der Waals surface area contributed by atoms with E-state index in [0.29, 0.717) is 5.92 Å². The molecule has 0 spiro atoms. The minimum absolute atomic E-state index is 0.0355. The normalized spacial score (nSPS) is 35.0. The molecule has 0 saturated heterocycles. The standard InChI is InChI=1S/C13H18O2/c1-4-13(7-8(13)2)10-5-6-11(14)12(15)9(10)3/h6-7,10,14-15H,4-5H2,1-3H3. The molecule has 0 saturated carbocycles. The zero-order valence-corrected chi connectivity index (χ0v) is 9.54. The van der Waals surface area contributed by atoms with Crippen LogP contribution >= 0.6 is 0 Å². The first-order valence-electron chi connectivity index (χ1n) is 5.52. The number of aliphatic hydroxyl groups is 2. The Bertz CT molecular complexity index is 387. The van der Waals surface area contributed by atoms with E-state index < -0.39 is 0 Å². The summed E-state index contributed by atoms with van der Waals surface area (Å²) in [7, 11) is 0. The minimum atomic E-state index is 0.0355. The molecule has 82 valence electrons. The zero-order valence-electron chi connectivity index (χ0n) is 9.54. The lowest BCUT2D eigenvalue weighted by Crippen LogP contribution is -2.23. The van der Waals surface area contributed by atoms with Gasteiger partial charge in [0.25, 0.3) is 0 Å². The Labute approximate surface area is 90.6 Å². The highest BCUT2D eigenvalue weighted by atomic mass is 16.3. The highest BCUT2D eigenvalue weighted by molar-refractivity contribution is 5.44. The lowest BCUT2D eigenvalue weighted by Gasteiger charge is -2.31. The van der Waals surface area contributed by atoms with Crippen molar-refractivity contribution in [1.82, 2.24) is 0 Å². The molecule has 0 fully saturated rings. The second-order valence-electron chi connectivity index (χ2n) is 4.63. The van der Waals surface area contributed by atoms with Gasteiger partial charge in [0, 0.05) is 5.41 Å². The summed E-state index contributed by atoms with van der Waals surface area (Å²) >= 11 is 0. The Balaban J connectivity index is 2.28. The summed E-state index contributed by atoms with van der Waals surface area (Å²) in [6, 6.07) is 0. The molecule has 2 nitrogen and oxygen atoms in total. The van der Waals surface area contributed by atoms with Crippen molar-refractivity contribution < 1.29 is 10.2 Å². The molecule has 2 atom stereocenters. The van der Waals surface area contributed by atoms with Crippen LogP contribution in [0, 0.1) is 11.3 Å². The van der Waals surface area contributed by atoms with Gasteiger partial charge in [-0.2, -0.15) is 0 Å². The van der Waals surface area contributed by atoms with Gasteiger partial charge in [-0.05, 0) is 44.3 Å². The Kier molecular flexibility index (Phi) is 2.18. The average Bonchev–Trinajstić information content (AvgIpc) is 2.87. The maximum atomic E-state index is 9.73. The number of aliphatic hydroxyl groups excluding tert-OH is 2. The quantitative estimate of drug-likeness (QED) is 0.677. The van der Waals surface area contributed by atoms with Crippen LogP contribution in [-0.4, -0.2) is 10.2 Å². The first kappa shape index (κ1) is 10.3. The Morgan fingerprint density at radius 1 is 1.40 bits per heavy atom. The molecule has 0 amide bonds. The molecule has 0 radical (unpaired) electrons. The fourth-order valence-corrected chi connectivity index (χ4v) is 2.82. The molecular formula is C13H18O2. The molecule has 2 unspecified atom stereocenters. The summed E-state index contributed by atoms with van der Waals surface area (Å²) in [4.78, 5) is 0. The molecule has 15 heavy (non-hydrogen) atoms. The van der Waals surface area contributed by atoms with Crippen molar-refractivity contribution in [3.05, 3.63) is 34.8 Å². The summed E-state index contributed by atoms with van der Waals surface area (Å²) in [6.45, 7) is 6.24. The number of hydrogen-bond donors (Lipinski definition) is 2. The van der Waals surface area contributed by atoms with Crippen molar-refractivity contribution in [1.29, 1.82) is 0 Å². The van der Waals surface area contributed by atoms with Crippen LogP contribution in [0.4, 0.5) is 0 Å². The molecule has 2 aliphatic rings. The van der Waals surface area contributed by atoms with Gasteiger partial charge in [-0.3, -0.25) is 0 Å². The Hall–Kier alpha value is -1.18. The van der Waals surface area contributed by atoms with Crippen LogP contribution in [0.15, 0.2) is 34.8 Å². The summed E-state index contributed by atoms with van der Waals surface area (Å²) in [5, 5.41) is 19.2. The lowest BCUT2D eigenvalue weighted by atomic mass is 9.74. The molecule has 0 aromatic rings. The molecule has 2 aliphatic carbocycles. The van der Waals surface area contributed by atoms with Crippen LogP contribution in [0.25, 0.3) is 0 Å². The monoisotopic (exact) mass is 206 g/mol. The molecule has 0 aromatic heterocycles. The van der Waals surface area contributed by atoms with Crippen LogP contribution in [0.1, 0.15) is 33.6 Å². The van der Waals surface area contributed by atoms with Crippen molar-refractivity contribution in [2.75, 3.05) is 0 Å². The van der Waals surface area contributed by atoms with Crippen LogP contribution in [0.3, 0.4) is 0 Å². The van der Waals surface area contributed by atoms with Crippen molar-refractivity contribution in [2.45, 2.75) is 33.6 Å². The Morgan fingerprint density at radius 3 is 2.47 bits per heavy atom. The number of hydrogen-bond acceptors (Lipinski definition) is 2. The topological polar surface area (TPSA) is 40.5 Å². The zero-order chi connectivity index (χ0) is 11.2. The fourth-order valence-electron chi connectivity index (χ4n) is 2.82. The predicted octanol–water partition coefficient (Wildman–Crippen LogP) is 3.64. The third kappa shape index (κ3) is 1.31. The van der Waals surface area contributed by atoms with E-state index in [1.165, 1.54) is 5.57 Å². The van der Waals surface area contributed by atoms with E-state index in [1.54, 1.807) is 6.08 Å². The van der Waals surface area contributed by atoms with Gasteiger partial charge in [0.05, 0.1) is 0 Å². The van der Waals surface area contributed by atoms with Crippen molar-refractivity contribution in [3.8, 4) is 0 Å². The number of allylic oxidation sites excluding steroid dienone is 4. The SMILES string of the molecule is CCC1(C2CC=C(O)C(O)=C2C)C=C1C. The third-order valence-electron chi connectivity index (χ3n) is 4.02. The fraction of sp³-hybridized carbons (Fsp3) is 0.538. The van der Waals surface area contributed by atoms with Crippen molar-refractivity contribution >= 4 is 0 Å². The van der Waals surface area contributed by atoms with Gasteiger partial charge in [-0.25, -0.2) is 0 Å². The minimum Gasteiger partial charge on any atom is -0.504 e. The predicted molar refractivity (Wildman–Crippen MR) is 60.6 cm³/mol. The summed E-state index contributed by atoms with van der Waals surface area (Å²) in [5.74, 6) is 0.443. The van der Waals surface area contributed by atoms with E-state index in [-0.39, 0.29) is 16.9 Å². The van der Waals surface area contributed by atoms with E-state index in [1.807, 2.05) is 6.92 Å². The molecule has 0 bridgehead atoms. The smallest absolute Gasteiger partial charge is 0.156 e. The van der Waals surface area contributed by atoms with Gasteiger partial charge in [-0.15, -0.1) is 0 Å². The molecule has 0 aromatic carbocycles. The van der Waals surface area contributed by atoms with Crippen LogP contribution in [0.5, 0.6) is 0 Å². The molecule has 2 N–H and O–H groups in total. The highest BCUT2D eigenvalue weighted by Gasteiger charge is 2.47. The maximum absolute atomic E-state index is 9.73. The first-order valence-corrected chi connectivity index (χ1v) is 5.52. The van der Waals surface area contributed by atoms with Crippen molar-refractivity contribution in [2.24, 2.45) is 11.3 Å². The molecule has 0 heterocycles. The van der Waals surface area contributed by atoms with E-state index in [2.05, 4.69) is 19.9 Å². The van der Waals surface area contributed by atoms with E-state index >= 15 is 0 Å². The van der Waals surface area contributed by atoms with Crippen LogP contribution in [-0.2, 0) is 0 Å². The third-order valence-corrected chi connectivity index (χ3v) is 4.02. The second kappa shape index (κ2) is 3.16. The average molecular weight is 206 g/mol. The van der Waals surface area contributed by atoms with Crippen molar-refractivity contribution in [3.63, 3.8) is 0 Å². The molecule has 2 heteroatoms. The van der Waals surface area contributed by atoms with Gasteiger partial charge >= 0.3 is 0 Å². The van der Waals surface area contributed by atoms with E-state index in [0.717, 1.165) is 18.4 Å². The van der Waals surface area contributed by atoms with Crippen LogP contribution < -0.4 is 0 Å². The van der Waals surface area contributed by atoms with E-state index in [9.17, 15) is 10.2 Å². The van der Waals surface area contributed by atoms with Gasteiger partial charge < -0.3 is 10.2 Å². The summed E-state index contributed by atoms with van der Waals surface area (Å²) in [6.07, 6.45) is 5.90. The van der Waals surface area contributed by atoms with E-state index in [4.69, 9.17) is 0 Å². The molecule has 2 rings (SSSR count).